The summed E-state index contributed by atoms with van der Waals surface area (Å²) in [5, 5.41) is 14.3. The number of rotatable bonds is 3. The van der Waals surface area contributed by atoms with Gasteiger partial charge in [0, 0.05) is 10.9 Å². The van der Waals surface area contributed by atoms with Crippen LogP contribution in [0.4, 0.5) is 0 Å². The van der Waals surface area contributed by atoms with Gasteiger partial charge in [0.2, 0.25) is 0 Å². The highest BCUT2D eigenvalue weighted by atomic mass is 79.9. The van der Waals surface area contributed by atoms with Crippen LogP contribution in [0.3, 0.4) is 0 Å². The largest absolute Gasteiger partial charge is 0.388 e. The van der Waals surface area contributed by atoms with Gasteiger partial charge < -0.3 is 5.11 Å². The normalized spacial score (nSPS) is 12.7. The van der Waals surface area contributed by atoms with Crippen LogP contribution in [0.2, 0.25) is 0 Å². The first-order valence-electron chi connectivity index (χ1n) is 5.12. The SMILES string of the molecule is Cc1c(Br)cccc1C(O)Cc1ccsc1. The molecule has 0 saturated heterocycles. The smallest absolute Gasteiger partial charge is 0.0833 e. The fourth-order valence-corrected chi connectivity index (χ4v) is 2.79. The first kappa shape index (κ1) is 11.8. The molecule has 0 aliphatic heterocycles. The van der Waals surface area contributed by atoms with Gasteiger partial charge in [0.05, 0.1) is 6.10 Å². The molecule has 16 heavy (non-hydrogen) atoms. The van der Waals surface area contributed by atoms with Gasteiger partial charge in [-0.15, -0.1) is 0 Å². The fraction of sp³-hybridized carbons (Fsp3) is 0.231. The summed E-state index contributed by atoms with van der Waals surface area (Å²) in [4.78, 5) is 0. The van der Waals surface area contributed by atoms with Crippen LogP contribution in [0, 0.1) is 6.92 Å². The maximum Gasteiger partial charge on any atom is 0.0833 e. The van der Waals surface area contributed by atoms with Crippen LogP contribution in [0.15, 0.2) is 39.5 Å². The third kappa shape index (κ3) is 2.54. The maximum absolute atomic E-state index is 10.2. The lowest BCUT2D eigenvalue weighted by Crippen LogP contribution is -2.03. The molecule has 0 amide bonds. The number of benzene rings is 1. The van der Waals surface area contributed by atoms with Gasteiger partial charge in [0.25, 0.3) is 0 Å². The van der Waals surface area contributed by atoms with Crippen LogP contribution in [0.25, 0.3) is 0 Å². The van der Waals surface area contributed by atoms with Gasteiger partial charge in [-0.1, -0.05) is 28.1 Å². The minimum Gasteiger partial charge on any atom is -0.388 e. The monoisotopic (exact) mass is 296 g/mol. The molecule has 2 aromatic rings. The molecule has 0 aliphatic carbocycles. The van der Waals surface area contributed by atoms with Crippen molar-refractivity contribution < 1.29 is 5.11 Å². The Morgan fingerprint density at radius 2 is 2.19 bits per heavy atom. The summed E-state index contributed by atoms with van der Waals surface area (Å²) in [6, 6.07) is 8.00. The molecular formula is C13H13BrOS. The van der Waals surface area contributed by atoms with Crippen molar-refractivity contribution in [2.24, 2.45) is 0 Å². The van der Waals surface area contributed by atoms with E-state index in [4.69, 9.17) is 0 Å². The van der Waals surface area contributed by atoms with Gasteiger partial charge in [-0.05, 0) is 46.5 Å². The maximum atomic E-state index is 10.2. The van der Waals surface area contributed by atoms with E-state index in [1.807, 2.05) is 30.5 Å². The van der Waals surface area contributed by atoms with E-state index in [1.54, 1.807) is 11.3 Å². The number of aliphatic hydroxyl groups is 1. The highest BCUT2D eigenvalue weighted by Crippen LogP contribution is 2.27. The van der Waals surface area contributed by atoms with Gasteiger partial charge in [-0.25, -0.2) is 0 Å². The zero-order valence-corrected chi connectivity index (χ0v) is 11.4. The average Bonchev–Trinajstić information content (AvgIpc) is 2.74. The van der Waals surface area contributed by atoms with Crippen molar-refractivity contribution in [3.05, 3.63) is 56.2 Å². The fourth-order valence-electron chi connectivity index (χ4n) is 1.73. The summed E-state index contributed by atoms with van der Waals surface area (Å²) in [7, 11) is 0. The molecule has 0 aliphatic rings. The van der Waals surface area contributed by atoms with Crippen molar-refractivity contribution >= 4 is 27.3 Å². The third-order valence-corrected chi connectivity index (χ3v) is 4.27. The molecule has 1 aromatic carbocycles. The molecule has 0 spiro atoms. The molecule has 1 unspecified atom stereocenters. The number of hydrogen-bond acceptors (Lipinski definition) is 2. The molecule has 1 nitrogen and oxygen atoms in total. The van der Waals surface area contributed by atoms with E-state index in [-0.39, 0.29) is 0 Å². The molecule has 0 bridgehead atoms. The van der Waals surface area contributed by atoms with E-state index in [2.05, 4.69) is 27.4 Å². The van der Waals surface area contributed by atoms with Crippen LogP contribution in [-0.4, -0.2) is 5.11 Å². The summed E-state index contributed by atoms with van der Waals surface area (Å²) in [6.45, 7) is 2.02. The highest BCUT2D eigenvalue weighted by molar-refractivity contribution is 9.10. The number of thiophene rings is 1. The first-order chi connectivity index (χ1) is 7.68. The second-order valence-corrected chi connectivity index (χ2v) is 5.44. The van der Waals surface area contributed by atoms with Crippen molar-refractivity contribution in [3.8, 4) is 0 Å². The molecule has 0 radical (unpaired) electrons. The molecule has 1 heterocycles. The van der Waals surface area contributed by atoms with Crippen molar-refractivity contribution in [2.45, 2.75) is 19.4 Å². The number of hydrogen-bond donors (Lipinski definition) is 1. The van der Waals surface area contributed by atoms with Crippen molar-refractivity contribution in [2.75, 3.05) is 0 Å². The molecule has 2 rings (SSSR count). The first-order valence-corrected chi connectivity index (χ1v) is 6.86. The Morgan fingerprint density at radius 1 is 1.38 bits per heavy atom. The quantitative estimate of drug-likeness (QED) is 0.904. The standard InChI is InChI=1S/C13H13BrOS/c1-9-11(3-2-4-12(9)14)13(15)7-10-5-6-16-8-10/h2-6,8,13,15H,7H2,1H3. The summed E-state index contributed by atoms with van der Waals surface area (Å²) in [5.41, 5.74) is 3.31. The summed E-state index contributed by atoms with van der Waals surface area (Å²) in [5.74, 6) is 0. The van der Waals surface area contributed by atoms with E-state index in [1.165, 1.54) is 5.56 Å². The molecule has 84 valence electrons. The molecule has 0 fully saturated rings. The predicted molar refractivity (Wildman–Crippen MR) is 71.9 cm³/mol. The van der Waals surface area contributed by atoms with E-state index in [0.29, 0.717) is 6.42 Å². The molecule has 1 aromatic heterocycles. The van der Waals surface area contributed by atoms with Crippen molar-refractivity contribution in [3.63, 3.8) is 0 Å². The van der Waals surface area contributed by atoms with Crippen LogP contribution >= 0.6 is 27.3 Å². The lowest BCUT2D eigenvalue weighted by atomic mass is 9.99. The molecule has 0 saturated carbocycles. The summed E-state index contributed by atoms with van der Waals surface area (Å²) in [6.07, 6.45) is 0.257. The third-order valence-electron chi connectivity index (χ3n) is 2.68. The van der Waals surface area contributed by atoms with Crippen LogP contribution < -0.4 is 0 Å². The van der Waals surface area contributed by atoms with E-state index >= 15 is 0 Å². The van der Waals surface area contributed by atoms with Gasteiger partial charge in [-0.2, -0.15) is 11.3 Å². The summed E-state index contributed by atoms with van der Waals surface area (Å²) >= 11 is 5.15. The van der Waals surface area contributed by atoms with Crippen LogP contribution in [0.1, 0.15) is 22.8 Å². The van der Waals surface area contributed by atoms with E-state index in [0.717, 1.165) is 15.6 Å². The predicted octanol–water partition coefficient (Wildman–Crippen LogP) is 4.10. The topological polar surface area (TPSA) is 20.2 Å². The molecule has 1 atom stereocenters. The Morgan fingerprint density at radius 3 is 2.88 bits per heavy atom. The van der Waals surface area contributed by atoms with E-state index in [9.17, 15) is 5.11 Å². The van der Waals surface area contributed by atoms with E-state index < -0.39 is 6.10 Å². The summed E-state index contributed by atoms with van der Waals surface area (Å²) < 4.78 is 1.05. The van der Waals surface area contributed by atoms with Gasteiger partial charge in [-0.3, -0.25) is 0 Å². The second kappa shape index (κ2) is 5.13. The lowest BCUT2D eigenvalue weighted by molar-refractivity contribution is 0.178. The lowest BCUT2D eigenvalue weighted by Gasteiger charge is -2.14. The average molecular weight is 297 g/mol. The number of halogens is 1. The zero-order chi connectivity index (χ0) is 11.5. The number of aliphatic hydroxyl groups excluding tert-OH is 1. The zero-order valence-electron chi connectivity index (χ0n) is 8.98. The van der Waals surface area contributed by atoms with Gasteiger partial charge in [0.15, 0.2) is 0 Å². The van der Waals surface area contributed by atoms with Crippen molar-refractivity contribution in [1.29, 1.82) is 0 Å². The Hall–Kier alpha value is -0.640. The van der Waals surface area contributed by atoms with Gasteiger partial charge in [0.1, 0.15) is 0 Å². The Bertz CT molecular complexity index is 465. The highest BCUT2D eigenvalue weighted by Gasteiger charge is 2.12. The second-order valence-electron chi connectivity index (χ2n) is 3.81. The molecule has 3 heteroatoms. The Labute approximate surface area is 108 Å². The molecule has 1 N–H and O–H groups in total. The molecular weight excluding hydrogens is 284 g/mol. The minimum absolute atomic E-state index is 0.424. The minimum atomic E-state index is -0.424. The van der Waals surface area contributed by atoms with Crippen molar-refractivity contribution in [1.82, 2.24) is 0 Å². The Kier molecular flexibility index (Phi) is 3.79. The van der Waals surface area contributed by atoms with Gasteiger partial charge >= 0.3 is 0 Å². The van der Waals surface area contributed by atoms with Crippen LogP contribution in [-0.2, 0) is 6.42 Å². The Balaban J connectivity index is 2.21. The van der Waals surface area contributed by atoms with Crippen LogP contribution in [0.5, 0.6) is 0 Å².